The zero-order valence-corrected chi connectivity index (χ0v) is 23.6. The quantitative estimate of drug-likeness (QED) is 0.131. The number of amides is 4. The van der Waals surface area contributed by atoms with Crippen molar-refractivity contribution in [1.29, 1.82) is 0 Å². The van der Waals surface area contributed by atoms with Crippen LogP contribution in [0, 0.1) is 11.8 Å². The topological polar surface area (TPSA) is 240 Å². The van der Waals surface area contributed by atoms with Gasteiger partial charge in [-0.1, -0.05) is 42.5 Å². The van der Waals surface area contributed by atoms with E-state index in [2.05, 4.69) is 5.32 Å². The van der Waals surface area contributed by atoms with Crippen molar-refractivity contribution in [2.45, 2.75) is 62.9 Å². The molecule has 3 rings (SSSR count). The van der Waals surface area contributed by atoms with Gasteiger partial charge < -0.3 is 47.4 Å². The number of carbonyl (C=O) groups excluding carboxylic acids is 3. The molecule has 1 aliphatic rings. The highest BCUT2D eigenvalue weighted by Crippen LogP contribution is 2.28. The number of nitrogens with one attached hydrogen (secondary N) is 4. The highest BCUT2D eigenvalue weighted by atomic mass is 16.5. The van der Waals surface area contributed by atoms with Crippen LogP contribution in [-0.2, 0) is 25.6 Å². The fourth-order valence-corrected chi connectivity index (χ4v) is 5.03. The zero-order valence-electron chi connectivity index (χ0n) is 23.6. The molecule has 0 bridgehead atoms. The molecule has 0 aliphatic heterocycles. The number of fused-ring (bicyclic) bond motifs is 1. The number of hydrogen-bond donors (Lipinski definition) is 9. The number of nitrogens with two attached hydrogens (primary N) is 1. The van der Waals surface area contributed by atoms with E-state index in [0.29, 0.717) is 30.9 Å². The van der Waals surface area contributed by atoms with Gasteiger partial charge in [0.2, 0.25) is 11.8 Å². The van der Waals surface area contributed by atoms with Crippen LogP contribution >= 0.6 is 0 Å². The highest BCUT2D eigenvalue weighted by Gasteiger charge is 2.34. The summed E-state index contributed by atoms with van der Waals surface area (Å²) in [5.41, 5.74) is 6.47. The van der Waals surface area contributed by atoms with Gasteiger partial charge in [0, 0.05) is 18.8 Å². The van der Waals surface area contributed by atoms with E-state index in [1.807, 2.05) is 58.4 Å². The number of rotatable bonds is 14. The summed E-state index contributed by atoms with van der Waals surface area (Å²) in [4.78, 5) is 60.6. The maximum absolute atomic E-state index is 13.3. The predicted molar refractivity (Wildman–Crippen MR) is 154 cm³/mol. The summed E-state index contributed by atoms with van der Waals surface area (Å²) in [5.74, 6) is -6.94. The summed E-state index contributed by atoms with van der Waals surface area (Å²) >= 11 is 0. The van der Waals surface area contributed by atoms with E-state index in [0.717, 1.165) is 23.6 Å². The van der Waals surface area contributed by atoms with Crippen molar-refractivity contribution in [3.8, 4) is 0 Å². The smallest absolute Gasteiger partial charge is 0.326 e. The number of benzene rings is 2. The average molecular weight is 602 g/mol. The van der Waals surface area contributed by atoms with Crippen LogP contribution in [-0.4, -0.2) is 81.3 Å². The molecule has 0 heterocycles. The summed E-state index contributed by atoms with van der Waals surface area (Å²) in [5, 5.41) is 49.5. The molecule has 234 valence electrons. The minimum atomic E-state index is -2.97. The largest absolute Gasteiger partial charge is 0.481 e. The van der Waals surface area contributed by atoms with E-state index in [1.165, 1.54) is 0 Å². The van der Waals surface area contributed by atoms with Crippen LogP contribution < -0.4 is 27.0 Å². The van der Waals surface area contributed by atoms with Crippen molar-refractivity contribution in [3.05, 3.63) is 48.0 Å². The summed E-state index contributed by atoms with van der Waals surface area (Å²) in [6.07, 6.45) is 1.93. The number of carboxylic acid groups (broad SMARTS) is 2. The van der Waals surface area contributed by atoms with Gasteiger partial charge in [0.1, 0.15) is 12.1 Å². The Morgan fingerprint density at radius 3 is 2.21 bits per heavy atom. The van der Waals surface area contributed by atoms with E-state index in [9.17, 15) is 39.3 Å². The lowest BCUT2D eigenvalue weighted by Crippen LogP contribution is -2.61. The minimum Gasteiger partial charge on any atom is -0.481 e. The summed E-state index contributed by atoms with van der Waals surface area (Å²) < 4.78 is 0. The first-order valence-corrected chi connectivity index (χ1v) is 14.1. The van der Waals surface area contributed by atoms with Crippen molar-refractivity contribution in [1.82, 2.24) is 21.3 Å². The first-order valence-electron chi connectivity index (χ1n) is 14.1. The average Bonchev–Trinajstić information content (AvgIpc) is 2.97. The zero-order chi connectivity index (χ0) is 31.6. The Bertz CT molecular complexity index is 1310. The third-order valence-corrected chi connectivity index (χ3v) is 7.51. The molecule has 14 heteroatoms. The molecule has 0 aromatic heterocycles. The van der Waals surface area contributed by atoms with E-state index < -0.39 is 61.3 Å². The van der Waals surface area contributed by atoms with Crippen molar-refractivity contribution in [3.63, 3.8) is 0 Å². The molecular weight excluding hydrogens is 562 g/mol. The molecule has 10 N–H and O–H groups in total. The molecule has 2 aromatic rings. The van der Waals surface area contributed by atoms with Gasteiger partial charge in [-0.25, -0.2) is 9.59 Å². The lowest BCUT2D eigenvalue weighted by atomic mass is 9.81. The fourth-order valence-electron chi connectivity index (χ4n) is 5.03. The van der Waals surface area contributed by atoms with Crippen molar-refractivity contribution in [2.75, 3.05) is 13.1 Å². The predicted octanol–water partition coefficient (Wildman–Crippen LogP) is 0.00400. The van der Waals surface area contributed by atoms with Gasteiger partial charge in [0.15, 0.2) is 0 Å². The molecule has 0 saturated heterocycles. The van der Waals surface area contributed by atoms with Crippen molar-refractivity contribution < 1.29 is 44.4 Å². The maximum Gasteiger partial charge on any atom is 0.326 e. The summed E-state index contributed by atoms with van der Waals surface area (Å²) in [6, 6.07) is 9.29. The maximum atomic E-state index is 13.3. The van der Waals surface area contributed by atoms with Crippen molar-refractivity contribution >= 4 is 40.6 Å². The van der Waals surface area contributed by atoms with Crippen LogP contribution in [0.4, 0.5) is 4.79 Å². The fraction of sp³-hybridized carbons (Fsp3) is 0.483. The monoisotopic (exact) mass is 601 g/mol. The van der Waals surface area contributed by atoms with Gasteiger partial charge >= 0.3 is 18.0 Å². The standard InChI is InChI=1S/C29H39N5O9/c30-15-17-5-9-20(10-6-17)25(37)32-23(14-18-7-8-19-3-1-2-4-21(19)13-18)26(38)34-29(42,43)16-31-28(41)33-22(27(39)40)11-12-24(35)36/h1-4,7-8,13,17,20,22-23,42-43H,5-6,9-12,14-16,30H2,(H,32,37)(H,34,38)(H,35,36)(H,39,40)(H2,31,33,41)/t17?,20?,22-,23-/m0/s1. The molecule has 1 fully saturated rings. The van der Waals surface area contributed by atoms with Crippen LogP contribution in [0.1, 0.15) is 44.1 Å². The van der Waals surface area contributed by atoms with Crippen LogP contribution in [0.3, 0.4) is 0 Å². The molecule has 1 saturated carbocycles. The van der Waals surface area contributed by atoms with Crippen LogP contribution in [0.25, 0.3) is 10.8 Å². The van der Waals surface area contributed by atoms with Gasteiger partial charge in [0.05, 0.1) is 6.54 Å². The van der Waals surface area contributed by atoms with Gasteiger partial charge in [-0.3, -0.25) is 14.4 Å². The SMILES string of the molecule is NCC1CCC(C(=O)N[C@@H](Cc2ccc3ccccc3c2)C(=O)NC(O)(O)CNC(=O)N[C@@H](CCC(=O)O)C(=O)O)CC1. The molecule has 4 amide bonds. The molecule has 14 nitrogen and oxygen atoms in total. The lowest BCUT2D eigenvalue weighted by molar-refractivity contribution is -0.186. The lowest BCUT2D eigenvalue weighted by Gasteiger charge is -2.30. The van der Waals surface area contributed by atoms with E-state index in [4.69, 9.17) is 10.8 Å². The normalized spacial score (nSPS) is 18.2. The van der Waals surface area contributed by atoms with Crippen LogP contribution in [0.5, 0.6) is 0 Å². The number of aliphatic hydroxyl groups is 2. The van der Waals surface area contributed by atoms with Gasteiger partial charge in [-0.15, -0.1) is 0 Å². The number of carbonyl (C=O) groups is 5. The first-order chi connectivity index (χ1) is 20.4. The Balaban J connectivity index is 1.67. The van der Waals surface area contributed by atoms with Gasteiger partial charge in [-0.05, 0) is 60.9 Å². The second kappa shape index (κ2) is 15.3. The Kier molecular flexibility index (Phi) is 11.8. The van der Waals surface area contributed by atoms with Crippen molar-refractivity contribution in [2.24, 2.45) is 17.6 Å². The van der Waals surface area contributed by atoms with Crippen LogP contribution in [0.2, 0.25) is 0 Å². The molecular formula is C29H39N5O9. The molecule has 0 radical (unpaired) electrons. The number of carboxylic acids is 2. The third-order valence-electron chi connectivity index (χ3n) is 7.51. The minimum absolute atomic E-state index is 0.0361. The summed E-state index contributed by atoms with van der Waals surface area (Å²) in [7, 11) is 0. The molecule has 0 unspecified atom stereocenters. The number of hydrogen-bond acceptors (Lipinski definition) is 8. The van der Waals surface area contributed by atoms with Gasteiger partial charge in [-0.2, -0.15) is 0 Å². The molecule has 2 atom stereocenters. The van der Waals surface area contributed by atoms with Crippen LogP contribution in [0.15, 0.2) is 42.5 Å². The Labute approximate surface area is 248 Å². The molecule has 2 aromatic carbocycles. The summed E-state index contributed by atoms with van der Waals surface area (Å²) in [6.45, 7) is -0.405. The Morgan fingerprint density at radius 2 is 1.58 bits per heavy atom. The molecule has 43 heavy (non-hydrogen) atoms. The number of aliphatic carboxylic acids is 2. The second-order valence-corrected chi connectivity index (χ2v) is 10.9. The van der Waals surface area contributed by atoms with E-state index in [-0.39, 0.29) is 18.2 Å². The Hall–Kier alpha value is -4.27. The first kappa shape index (κ1) is 33.2. The highest BCUT2D eigenvalue weighted by molar-refractivity contribution is 5.89. The number of urea groups is 1. The van der Waals surface area contributed by atoms with E-state index >= 15 is 0 Å². The third kappa shape index (κ3) is 10.5. The molecule has 1 aliphatic carbocycles. The van der Waals surface area contributed by atoms with Gasteiger partial charge in [0.25, 0.3) is 5.91 Å². The van der Waals surface area contributed by atoms with E-state index in [1.54, 1.807) is 0 Å². The second-order valence-electron chi connectivity index (χ2n) is 10.9. The molecule has 0 spiro atoms. The Morgan fingerprint density at radius 1 is 0.907 bits per heavy atom.